The van der Waals surface area contributed by atoms with Crippen LogP contribution in [0.5, 0.6) is 0 Å². The summed E-state index contributed by atoms with van der Waals surface area (Å²) >= 11 is 0. The summed E-state index contributed by atoms with van der Waals surface area (Å²) in [5.74, 6) is -1.22. The molecule has 1 fully saturated rings. The van der Waals surface area contributed by atoms with Gasteiger partial charge in [-0.15, -0.1) is 0 Å². The predicted octanol–water partition coefficient (Wildman–Crippen LogP) is 3.15. The number of hydrogen-bond donors (Lipinski definition) is 2. The summed E-state index contributed by atoms with van der Waals surface area (Å²) in [5, 5.41) is 12.8. The van der Waals surface area contributed by atoms with Gasteiger partial charge < -0.3 is 10.4 Å². The number of para-hydroxylation sites is 1. The molecule has 160 valence electrons. The molecule has 0 spiro atoms. The number of amides is 1. The Labute approximate surface area is 179 Å². The molecule has 0 bridgehead atoms. The smallest absolute Gasteiger partial charge is 0.330 e. The van der Waals surface area contributed by atoms with Crippen molar-refractivity contribution in [3.63, 3.8) is 0 Å². The van der Waals surface area contributed by atoms with Gasteiger partial charge in [0.1, 0.15) is 0 Å². The Bertz CT molecular complexity index is 1130. The second kappa shape index (κ2) is 9.12. The Kier molecular flexibility index (Phi) is 6.11. The first-order valence-electron chi connectivity index (χ1n) is 10.5. The second-order valence-electron chi connectivity index (χ2n) is 8.13. The van der Waals surface area contributed by atoms with Crippen molar-refractivity contribution in [1.29, 1.82) is 0 Å². The van der Waals surface area contributed by atoms with E-state index in [0.717, 1.165) is 12.8 Å². The van der Waals surface area contributed by atoms with E-state index in [1.54, 1.807) is 41.2 Å². The van der Waals surface area contributed by atoms with Crippen molar-refractivity contribution in [3.8, 4) is 0 Å². The molecule has 1 amide bonds. The van der Waals surface area contributed by atoms with Crippen molar-refractivity contribution in [1.82, 2.24) is 14.9 Å². The normalized spacial score (nSPS) is 19.6. The average molecular weight is 419 g/mol. The minimum atomic E-state index is -1.07. The number of carbonyl (C=O) groups is 2. The number of hydrogen-bond acceptors (Lipinski definition) is 4. The maximum Gasteiger partial charge on any atom is 0.330 e. The van der Waals surface area contributed by atoms with E-state index in [2.05, 4.69) is 10.3 Å². The molecule has 4 rings (SSSR count). The molecule has 7 heteroatoms. The molecule has 1 aliphatic carbocycles. The number of carboxylic acid groups (broad SMARTS) is 1. The lowest BCUT2D eigenvalue weighted by Crippen LogP contribution is -2.39. The number of carboxylic acids is 1. The number of rotatable bonds is 6. The highest BCUT2D eigenvalue weighted by Crippen LogP contribution is 2.30. The van der Waals surface area contributed by atoms with Crippen LogP contribution in [0.25, 0.3) is 10.9 Å². The van der Waals surface area contributed by atoms with Crippen molar-refractivity contribution in [3.05, 3.63) is 76.8 Å². The average Bonchev–Trinajstić information content (AvgIpc) is 2.80. The van der Waals surface area contributed by atoms with Crippen molar-refractivity contribution in [2.24, 2.45) is 11.8 Å². The van der Waals surface area contributed by atoms with Gasteiger partial charge in [0.05, 0.1) is 17.2 Å². The highest BCUT2D eigenvalue weighted by atomic mass is 16.4. The highest BCUT2D eigenvalue weighted by Gasteiger charge is 2.30. The minimum Gasteiger partial charge on any atom is -0.479 e. The van der Waals surface area contributed by atoms with Gasteiger partial charge in [0.2, 0.25) is 5.91 Å². The number of aliphatic carboxylic acids is 1. The molecule has 7 nitrogen and oxygen atoms in total. The van der Waals surface area contributed by atoms with Gasteiger partial charge in [-0.1, -0.05) is 42.5 Å². The van der Waals surface area contributed by atoms with Crippen molar-refractivity contribution < 1.29 is 14.7 Å². The van der Waals surface area contributed by atoms with Crippen LogP contribution >= 0.6 is 0 Å². The fourth-order valence-electron chi connectivity index (χ4n) is 4.31. The van der Waals surface area contributed by atoms with Gasteiger partial charge in [-0.05, 0) is 49.3 Å². The van der Waals surface area contributed by atoms with E-state index in [1.165, 1.54) is 0 Å². The Morgan fingerprint density at radius 3 is 2.42 bits per heavy atom. The Morgan fingerprint density at radius 1 is 1.03 bits per heavy atom. The topological polar surface area (TPSA) is 101 Å². The molecule has 0 unspecified atom stereocenters. The molecule has 1 saturated carbocycles. The summed E-state index contributed by atoms with van der Waals surface area (Å²) in [5.41, 5.74) is 1.20. The van der Waals surface area contributed by atoms with Crippen LogP contribution in [0.4, 0.5) is 0 Å². The quantitative estimate of drug-likeness (QED) is 0.639. The van der Waals surface area contributed by atoms with Gasteiger partial charge in [0, 0.05) is 12.5 Å². The van der Waals surface area contributed by atoms with Gasteiger partial charge in [0.25, 0.3) is 5.56 Å². The van der Waals surface area contributed by atoms with E-state index in [1.807, 2.05) is 24.3 Å². The van der Waals surface area contributed by atoms with Crippen LogP contribution in [0.3, 0.4) is 0 Å². The number of aromatic nitrogens is 2. The SMILES string of the molecule is O=C(N[C@H](C(=O)O)c1ccccc1)C1CCC(Cn2cnc3ccccc3c2=O)CC1. The first-order valence-corrected chi connectivity index (χ1v) is 10.5. The van der Waals surface area contributed by atoms with E-state index in [9.17, 15) is 19.5 Å². The molecule has 0 aliphatic heterocycles. The fourth-order valence-corrected chi connectivity index (χ4v) is 4.31. The van der Waals surface area contributed by atoms with Crippen LogP contribution in [0.15, 0.2) is 65.7 Å². The monoisotopic (exact) mass is 419 g/mol. The summed E-state index contributed by atoms with van der Waals surface area (Å²) in [6, 6.07) is 15.0. The number of nitrogens with one attached hydrogen (secondary N) is 1. The molecule has 1 aliphatic rings. The maximum atomic E-state index is 12.7. The lowest BCUT2D eigenvalue weighted by Gasteiger charge is -2.29. The highest BCUT2D eigenvalue weighted by molar-refractivity contribution is 5.85. The molecule has 3 aromatic rings. The molecular weight excluding hydrogens is 394 g/mol. The van der Waals surface area contributed by atoms with Crippen molar-refractivity contribution in [2.45, 2.75) is 38.3 Å². The Morgan fingerprint density at radius 2 is 1.71 bits per heavy atom. The van der Waals surface area contributed by atoms with Crippen LogP contribution < -0.4 is 10.9 Å². The molecule has 1 heterocycles. The molecule has 0 saturated heterocycles. The summed E-state index contributed by atoms with van der Waals surface area (Å²) in [6.07, 6.45) is 4.56. The zero-order valence-corrected chi connectivity index (χ0v) is 17.1. The zero-order chi connectivity index (χ0) is 21.8. The summed E-state index contributed by atoms with van der Waals surface area (Å²) < 4.78 is 1.66. The third-order valence-corrected chi connectivity index (χ3v) is 6.07. The molecule has 2 N–H and O–H groups in total. The third kappa shape index (κ3) is 4.66. The van der Waals surface area contributed by atoms with Crippen LogP contribution in [0, 0.1) is 11.8 Å². The lowest BCUT2D eigenvalue weighted by molar-refractivity contribution is -0.143. The summed E-state index contributed by atoms with van der Waals surface area (Å²) in [7, 11) is 0. The Hall–Kier alpha value is -3.48. The van der Waals surface area contributed by atoms with Gasteiger partial charge in [-0.25, -0.2) is 9.78 Å². The predicted molar refractivity (Wildman–Crippen MR) is 116 cm³/mol. The van der Waals surface area contributed by atoms with Gasteiger partial charge in [-0.2, -0.15) is 0 Å². The standard InChI is InChI=1S/C24H25N3O4/c28-22(26-21(24(30)31)17-6-2-1-3-7-17)18-12-10-16(11-13-18)14-27-15-25-20-9-5-4-8-19(20)23(27)29/h1-9,15-16,18,21H,10-14H2,(H,26,28)(H,30,31)/t16?,18?,21-/m0/s1. The van der Waals surface area contributed by atoms with Crippen LogP contribution in [-0.4, -0.2) is 26.5 Å². The maximum absolute atomic E-state index is 12.7. The van der Waals surface area contributed by atoms with E-state index in [4.69, 9.17) is 0 Å². The number of fused-ring (bicyclic) bond motifs is 1. The van der Waals surface area contributed by atoms with Crippen LogP contribution in [0.2, 0.25) is 0 Å². The van der Waals surface area contributed by atoms with Gasteiger partial charge in [-0.3, -0.25) is 14.2 Å². The minimum absolute atomic E-state index is 0.0439. The van der Waals surface area contributed by atoms with E-state index >= 15 is 0 Å². The second-order valence-corrected chi connectivity index (χ2v) is 8.13. The number of nitrogens with zero attached hydrogens (tertiary/aromatic N) is 2. The van der Waals surface area contributed by atoms with Crippen molar-refractivity contribution >= 4 is 22.8 Å². The molecule has 1 aromatic heterocycles. The largest absolute Gasteiger partial charge is 0.479 e. The lowest BCUT2D eigenvalue weighted by atomic mass is 9.81. The first kappa shape index (κ1) is 20.8. The van der Waals surface area contributed by atoms with E-state index < -0.39 is 12.0 Å². The summed E-state index contributed by atoms with van der Waals surface area (Å²) in [6.45, 7) is 0.576. The summed E-state index contributed by atoms with van der Waals surface area (Å²) in [4.78, 5) is 41.4. The Balaban J connectivity index is 1.36. The van der Waals surface area contributed by atoms with Crippen LogP contribution in [0.1, 0.15) is 37.3 Å². The van der Waals surface area contributed by atoms with Gasteiger partial charge >= 0.3 is 5.97 Å². The molecule has 2 aromatic carbocycles. The van der Waals surface area contributed by atoms with E-state index in [-0.39, 0.29) is 23.3 Å². The fraction of sp³-hybridized carbons (Fsp3) is 0.333. The molecule has 31 heavy (non-hydrogen) atoms. The van der Waals surface area contributed by atoms with Crippen molar-refractivity contribution in [2.75, 3.05) is 0 Å². The van der Waals surface area contributed by atoms with Crippen LogP contribution in [-0.2, 0) is 16.1 Å². The van der Waals surface area contributed by atoms with E-state index in [0.29, 0.717) is 35.9 Å². The molecular formula is C24H25N3O4. The first-order chi connectivity index (χ1) is 15.0. The molecule has 1 atom stereocenters. The number of carbonyl (C=O) groups excluding carboxylic acids is 1. The molecule has 0 radical (unpaired) electrons. The number of benzene rings is 2. The van der Waals surface area contributed by atoms with Gasteiger partial charge in [0.15, 0.2) is 6.04 Å². The third-order valence-electron chi connectivity index (χ3n) is 6.07. The zero-order valence-electron chi connectivity index (χ0n) is 17.1.